The maximum atomic E-state index is 13.3. The number of rotatable bonds is 12. The minimum atomic E-state index is -1.51. The molecule has 3 aromatic rings. The van der Waals surface area contributed by atoms with E-state index in [9.17, 15) is 19.5 Å². The second-order valence-corrected chi connectivity index (χ2v) is 8.20. The minimum absolute atomic E-state index is 0.263. The molecule has 0 aliphatic heterocycles. The van der Waals surface area contributed by atoms with Gasteiger partial charge in [0, 0.05) is 6.08 Å². The average Bonchev–Trinajstić information content (AvgIpc) is 3.39. The number of benzene rings is 2. The van der Waals surface area contributed by atoms with Gasteiger partial charge in [0.25, 0.3) is 0 Å². The van der Waals surface area contributed by atoms with Gasteiger partial charge in [0.2, 0.25) is 5.75 Å². The lowest BCUT2D eigenvalue weighted by Crippen LogP contribution is -3.06. The third-order valence-corrected chi connectivity index (χ3v) is 5.18. The monoisotopic (exact) mass is 541 g/mol. The van der Waals surface area contributed by atoms with Gasteiger partial charge in [-0.25, -0.2) is 4.79 Å². The molecule has 2 aromatic carbocycles. The highest BCUT2D eigenvalue weighted by Gasteiger charge is 2.28. The number of carboxylic acids is 2. The molecule has 11 nitrogen and oxygen atoms in total. The van der Waals surface area contributed by atoms with E-state index in [1.807, 2.05) is 38.4 Å². The van der Waals surface area contributed by atoms with Crippen molar-refractivity contribution >= 4 is 34.8 Å². The molecule has 0 saturated heterocycles. The van der Waals surface area contributed by atoms with Crippen molar-refractivity contribution in [2.75, 3.05) is 48.6 Å². The zero-order valence-electron chi connectivity index (χ0n) is 22.3. The van der Waals surface area contributed by atoms with E-state index in [1.54, 1.807) is 19.3 Å². The summed E-state index contributed by atoms with van der Waals surface area (Å²) in [4.78, 5) is 33.5. The van der Waals surface area contributed by atoms with Gasteiger partial charge in [-0.15, -0.1) is 0 Å². The molecule has 0 atom stereocenters. The first-order valence-electron chi connectivity index (χ1n) is 11.7. The fraction of sp³-hybridized carbons (Fsp3) is 0.250. The van der Waals surface area contributed by atoms with Crippen LogP contribution in [0.15, 0.2) is 59.2 Å². The van der Waals surface area contributed by atoms with Gasteiger partial charge >= 0.3 is 5.97 Å². The summed E-state index contributed by atoms with van der Waals surface area (Å²) in [6.07, 6.45) is 5.71. The molecule has 0 fully saturated rings. The number of likely N-dealkylation sites (N-methyl/N-ethyl adjacent to an activating group) is 1. The number of carboxylic acid groups (broad SMARTS) is 2. The van der Waals surface area contributed by atoms with Gasteiger partial charge in [0.05, 0.1) is 53.0 Å². The molecular weight excluding hydrogens is 510 g/mol. The Kier molecular flexibility index (Phi) is 11.6. The Morgan fingerprint density at radius 1 is 0.923 bits per heavy atom. The van der Waals surface area contributed by atoms with E-state index in [0.717, 1.165) is 17.9 Å². The molecule has 11 heteroatoms. The zero-order valence-corrected chi connectivity index (χ0v) is 22.3. The zero-order chi connectivity index (χ0) is 28.9. The van der Waals surface area contributed by atoms with Crippen molar-refractivity contribution in [2.24, 2.45) is 0 Å². The largest absolute Gasteiger partial charge is 0.545 e. The maximum absolute atomic E-state index is 13.3. The van der Waals surface area contributed by atoms with Crippen LogP contribution in [0.2, 0.25) is 0 Å². The van der Waals surface area contributed by atoms with Gasteiger partial charge in [-0.3, -0.25) is 4.79 Å². The highest BCUT2D eigenvalue weighted by Crippen LogP contribution is 2.46. The number of hydrogen-bond donors (Lipinski definition) is 2. The molecule has 0 radical (unpaired) electrons. The third kappa shape index (κ3) is 8.64. The van der Waals surface area contributed by atoms with E-state index in [1.165, 1.54) is 31.5 Å². The predicted octanol–water partition coefficient (Wildman–Crippen LogP) is 1.26. The second-order valence-electron chi connectivity index (χ2n) is 8.20. The molecule has 0 saturated carbocycles. The van der Waals surface area contributed by atoms with E-state index < -0.39 is 11.9 Å². The SMILES string of the molecule is COc1ccc(C=CC(=O)c2c(OCC[NH+](C)C)c(OC)c3occc3c2OC)cc1.O=C([O-])C=CC(=O)O. The number of carbonyl (C=O) groups excluding carboxylic acids is 2. The third-order valence-electron chi connectivity index (χ3n) is 5.18. The number of allylic oxidation sites excluding steroid dienone is 1. The van der Waals surface area contributed by atoms with Crippen LogP contribution in [-0.2, 0) is 9.59 Å². The average molecular weight is 542 g/mol. The molecule has 39 heavy (non-hydrogen) atoms. The summed E-state index contributed by atoms with van der Waals surface area (Å²) in [5.74, 6) is -1.24. The molecule has 208 valence electrons. The van der Waals surface area contributed by atoms with Crippen molar-refractivity contribution in [3.05, 3.63) is 65.9 Å². The summed E-state index contributed by atoms with van der Waals surface area (Å²) >= 11 is 0. The summed E-state index contributed by atoms with van der Waals surface area (Å²) < 4.78 is 28.0. The van der Waals surface area contributed by atoms with Gasteiger partial charge in [0.1, 0.15) is 30.2 Å². The Bertz CT molecular complexity index is 1320. The number of methoxy groups -OCH3 is 3. The molecule has 0 spiro atoms. The van der Waals surface area contributed by atoms with Crippen LogP contribution in [0.1, 0.15) is 15.9 Å². The molecule has 1 heterocycles. The van der Waals surface area contributed by atoms with E-state index >= 15 is 0 Å². The minimum Gasteiger partial charge on any atom is -0.545 e. The Morgan fingerprint density at radius 3 is 2.10 bits per heavy atom. The van der Waals surface area contributed by atoms with Crippen LogP contribution >= 0.6 is 0 Å². The predicted molar refractivity (Wildman–Crippen MR) is 141 cm³/mol. The molecule has 1 aromatic heterocycles. The number of aliphatic carboxylic acids is 2. The van der Waals surface area contributed by atoms with Gasteiger partial charge in [-0.2, -0.15) is 0 Å². The summed E-state index contributed by atoms with van der Waals surface area (Å²) in [6.45, 7) is 1.15. The molecule has 0 aliphatic carbocycles. The number of carbonyl (C=O) groups is 3. The van der Waals surface area contributed by atoms with Crippen LogP contribution in [0.5, 0.6) is 23.0 Å². The van der Waals surface area contributed by atoms with E-state index in [4.69, 9.17) is 28.5 Å². The van der Waals surface area contributed by atoms with Crippen molar-refractivity contribution in [1.29, 1.82) is 0 Å². The van der Waals surface area contributed by atoms with E-state index in [-0.39, 0.29) is 5.78 Å². The number of ketones is 1. The smallest absolute Gasteiger partial charge is 0.328 e. The van der Waals surface area contributed by atoms with Crippen molar-refractivity contribution in [1.82, 2.24) is 0 Å². The van der Waals surface area contributed by atoms with Crippen molar-refractivity contribution in [3.63, 3.8) is 0 Å². The summed E-state index contributed by atoms with van der Waals surface area (Å²) in [7, 11) is 8.71. The van der Waals surface area contributed by atoms with Crippen molar-refractivity contribution < 1.29 is 52.9 Å². The van der Waals surface area contributed by atoms with Gasteiger partial charge in [0.15, 0.2) is 17.1 Å². The summed E-state index contributed by atoms with van der Waals surface area (Å²) in [5, 5.41) is 17.9. The first kappa shape index (κ1) is 30.5. The van der Waals surface area contributed by atoms with Gasteiger partial charge in [-0.05, 0) is 35.9 Å². The maximum Gasteiger partial charge on any atom is 0.328 e. The lowest BCUT2D eigenvalue weighted by Gasteiger charge is -2.18. The first-order chi connectivity index (χ1) is 18.6. The highest BCUT2D eigenvalue weighted by atomic mass is 16.5. The molecule has 0 aliphatic rings. The van der Waals surface area contributed by atoms with Crippen LogP contribution in [0, 0.1) is 0 Å². The van der Waals surface area contributed by atoms with Crippen LogP contribution in [0.25, 0.3) is 17.0 Å². The molecule has 0 amide bonds. The van der Waals surface area contributed by atoms with E-state index in [0.29, 0.717) is 52.5 Å². The molecule has 0 unspecified atom stereocenters. The summed E-state index contributed by atoms with van der Waals surface area (Å²) in [5.41, 5.74) is 1.64. The molecule has 2 N–H and O–H groups in total. The fourth-order valence-corrected chi connectivity index (χ4v) is 3.34. The topological polar surface area (TPSA) is 149 Å². The Morgan fingerprint density at radius 2 is 1.59 bits per heavy atom. The number of furan rings is 1. The second kappa shape index (κ2) is 14.8. The highest BCUT2D eigenvalue weighted by molar-refractivity contribution is 6.15. The number of ether oxygens (including phenoxy) is 4. The Balaban J connectivity index is 0.000000580. The number of fused-ring (bicyclic) bond motifs is 1. The standard InChI is InChI=1S/C24H27NO6.C4H4O4/c1-25(2)13-15-31-23-20(19(26)11-8-16-6-9-17(27-3)10-7-16)21(28-4)18-12-14-30-22(18)24(23)29-5;5-3(6)1-2-4(7)8/h6-12,14H,13,15H2,1-5H3;1-2H,(H,5,6)(H,7,8). The van der Waals surface area contributed by atoms with E-state index in [2.05, 4.69) is 0 Å². The Hall–Kier alpha value is -4.77. The normalized spacial score (nSPS) is 10.9. The molecular formula is C28H31NO10. The van der Waals surface area contributed by atoms with Crippen LogP contribution in [0.4, 0.5) is 0 Å². The van der Waals surface area contributed by atoms with Crippen LogP contribution < -0.4 is 29.0 Å². The number of nitrogens with one attached hydrogen (secondary N) is 1. The first-order valence-corrected chi connectivity index (χ1v) is 11.7. The van der Waals surface area contributed by atoms with Gasteiger partial charge in [-0.1, -0.05) is 18.2 Å². The number of hydrogen-bond acceptors (Lipinski definition) is 9. The fourth-order valence-electron chi connectivity index (χ4n) is 3.34. The molecule has 0 bridgehead atoms. The Labute approximate surface area is 225 Å². The van der Waals surface area contributed by atoms with Gasteiger partial charge < -0.3 is 43.3 Å². The van der Waals surface area contributed by atoms with Crippen molar-refractivity contribution in [3.8, 4) is 23.0 Å². The quantitative estimate of drug-likeness (QED) is 0.253. The lowest BCUT2D eigenvalue weighted by atomic mass is 10.0. The van der Waals surface area contributed by atoms with Crippen LogP contribution in [-0.4, -0.2) is 71.4 Å². The van der Waals surface area contributed by atoms with Crippen molar-refractivity contribution in [2.45, 2.75) is 0 Å². The summed E-state index contributed by atoms with van der Waals surface area (Å²) in [6, 6.07) is 9.16. The van der Waals surface area contributed by atoms with Crippen LogP contribution in [0.3, 0.4) is 0 Å². The number of quaternary nitrogens is 1. The lowest BCUT2D eigenvalue weighted by molar-refractivity contribution is -0.858. The molecule has 3 rings (SSSR count).